The van der Waals surface area contributed by atoms with Crippen molar-refractivity contribution in [2.75, 3.05) is 27.2 Å². The summed E-state index contributed by atoms with van der Waals surface area (Å²) in [6, 6.07) is 13.7. The molecule has 0 unspecified atom stereocenters. The summed E-state index contributed by atoms with van der Waals surface area (Å²) in [6.07, 6.45) is 5.73. The summed E-state index contributed by atoms with van der Waals surface area (Å²) in [5, 5.41) is 0. The zero-order chi connectivity index (χ0) is 23.7. The largest absolute Gasteiger partial charge is 0.462 e. The number of benzene rings is 2. The van der Waals surface area contributed by atoms with Crippen molar-refractivity contribution < 1.29 is 19.1 Å². The molecule has 2 amide bonds. The van der Waals surface area contributed by atoms with Crippen LogP contribution in [0.1, 0.15) is 39.3 Å². The Morgan fingerprint density at radius 1 is 1.00 bits per heavy atom. The van der Waals surface area contributed by atoms with Gasteiger partial charge in [0.25, 0.3) is 11.8 Å². The number of ether oxygens (including phenoxy) is 2. The summed E-state index contributed by atoms with van der Waals surface area (Å²) < 4.78 is 12.5. The third kappa shape index (κ3) is 4.24. The van der Waals surface area contributed by atoms with E-state index in [1.807, 2.05) is 36.4 Å². The van der Waals surface area contributed by atoms with Crippen LogP contribution < -0.4 is 4.74 Å². The average molecular weight is 459 g/mol. The standard InChI is InChI=1S/C26H26N4O4/c1-29(2)24(31)19-5-3-18(4-6-19)20-7-8-23-21(15-20)17-33-26(34-23)9-13-30(14-10-26)25(32)22-16-27-11-12-28-22/h3-8,11-12,15-16H,9-10,13-14,17H2,1-2H3. The van der Waals surface area contributed by atoms with Crippen LogP contribution >= 0.6 is 0 Å². The molecule has 0 N–H and O–H groups in total. The Hall–Kier alpha value is -3.78. The lowest BCUT2D eigenvalue weighted by Gasteiger charge is -2.43. The number of carbonyl (C=O) groups excluding carboxylic acids is 2. The van der Waals surface area contributed by atoms with Gasteiger partial charge in [-0.1, -0.05) is 18.2 Å². The highest BCUT2D eigenvalue weighted by atomic mass is 16.7. The fourth-order valence-corrected chi connectivity index (χ4v) is 4.34. The lowest BCUT2D eigenvalue weighted by Crippen LogP contribution is -2.52. The molecule has 1 aromatic heterocycles. The molecule has 0 atom stereocenters. The fourth-order valence-electron chi connectivity index (χ4n) is 4.34. The van der Waals surface area contributed by atoms with Gasteiger partial charge in [-0.2, -0.15) is 0 Å². The van der Waals surface area contributed by atoms with E-state index >= 15 is 0 Å². The smallest absolute Gasteiger partial charge is 0.274 e. The Morgan fingerprint density at radius 3 is 2.41 bits per heavy atom. The predicted molar refractivity (Wildman–Crippen MR) is 125 cm³/mol. The van der Waals surface area contributed by atoms with Crippen LogP contribution in [0.3, 0.4) is 0 Å². The molecule has 0 bridgehead atoms. The summed E-state index contributed by atoms with van der Waals surface area (Å²) in [4.78, 5) is 36.2. The average Bonchev–Trinajstić information content (AvgIpc) is 2.88. The predicted octanol–water partition coefficient (Wildman–Crippen LogP) is 3.39. The van der Waals surface area contributed by atoms with Gasteiger partial charge in [0.2, 0.25) is 5.79 Å². The van der Waals surface area contributed by atoms with Gasteiger partial charge in [-0.15, -0.1) is 0 Å². The van der Waals surface area contributed by atoms with E-state index in [2.05, 4.69) is 16.0 Å². The molecule has 1 fully saturated rings. The molecule has 1 saturated heterocycles. The molecular weight excluding hydrogens is 432 g/mol. The molecule has 2 aromatic carbocycles. The maximum absolute atomic E-state index is 12.7. The van der Waals surface area contributed by atoms with Crippen molar-refractivity contribution in [2.45, 2.75) is 25.2 Å². The normalized spacial score (nSPS) is 16.5. The number of hydrogen-bond donors (Lipinski definition) is 0. The number of likely N-dealkylation sites (tertiary alicyclic amines) is 1. The quantitative estimate of drug-likeness (QED) is 0.598. The molecule has 8 heteroatoms. The molecule has 5 rings (SSSR count). The minimum atomic E-state index is -0.720. The first-order chi connectivity index (χ1) is 16.4. The van der Waals surface area contributed by atoms with Crippen LogP contribution in [0.25, 0.3) is 11.1 Å². The number of aromatic nitrogens is 2. The van der Waals surface area contributed by atoms with E-state index in [-0.39, 0.29) is 11.8 Å². The van der Waals surface area contributed by atoms with Gasteiger partial charge in [0.15, 0.2) is 0 Å². The summed E-state index contributed by atoms with van der Waals surface area (Å²) in [5.74, 6) is -0.0549. The lowest BCUT2D eigenvalue weighted by atomic mass is 9.98. The van der Waals surface area contributed by atoms with Crippen LogP contribution in [-0.2, 0) is 11.3 Å². The lowest BCUT2D eigenvalue weighted by molar-refractivity contribution is -0.225. The van der Waals surface area contributed by atoms with Crippen molar-refractivity contribution in [3.05, 3.63) is 77.9 Å². The van der Waals surface area contributed by atoms with E-state index in [0.29, 0.717) is 43.8 Å². The van der Waals surface area contributed by atoms with Crippen LogP contribution in [0.15, 0.2) is 61.1 Å². The first-order valence-electron chi connectivity index (χ1n) is 11.3. The number of amides is 2. The third-order valence-corrected chi connectivity index (χ3v) is 6.31. The van der Waals surface area contributed by atoms with Gasteiger partial charge in [0, 0.05) is 63.5 Å². The highest BCUT2D eigenvalue weighted by Crippen LogP contribution is 2.39. The molecule has 8 nitrogen and oxygen atoms in total. The molecule has 0 aliphatic carbocycles. The van der Waals surface area contributed by atoms with Crippen LogP contribution in [0.4, 0.5) is 0 Å². The second kappa shape index (κ2) is 8.87. The number of rotatable bonds is 3. The van der Waals surface area contributed by atoms with E-state index in [1.165, 1.54) is 12.4 Å². The molecule has 1 spiro atoms. The van der Waals surface area contributed by atoms with E-state index in [4.69, 9.17) is 9.47 Å². The zero-order valence-corrected chi connectivity index (χ0v) is 19.2. The molecule has 3 aromatic rings. The molecular formula is C26H26N4O4. The first kappa shape index (κ1) is 22.0. The monoisotopic (exact) mass is 458 g/mol. The topological polar surface area (TPSA) is 84.9 Å². The second-order valence-electron chi connectivity index (χ2n) is 8.78. The van der Waals surface area contributed by atoms with Crippen molar-refractivity contribution >= 4 is 11.8 Å². The third-order valence-electron chi connectivity index (χ3n) is 6.31. The minimum absolute atomic E-state index is 0.0199. The number of fused-ring (bicyclic) bond motifs is 1. The first-order valence-corrected chi connectivity index (χ1v) is 11.3. The zero-order valence-electron chi connectivity index (χ0n) is 19.2. The van der Waals surface area contributed by atoms with Crippen LogP contribution in [0.5, 0.6) is 5.75 Å². The molecule has 2 aliphatic heterocycles. The molecule has 0 saturated carbocycles. The summed E-state index contributed by atoms with van der Waals surface area (Å²) in [5.41, 5.74) is 4.05. The molecule has 2 aliphatic rings. The Kier molecular flexibility index (Phi) is 5.75. The Balaban J connectivity index is 1.26. The number of hydrogen-bond acceptors (Lipinski definition) is 6. The summed E-state index contributed by atoms with van der Waals surface area (Å²) >= 11 is 0. The van der Waals surface area contributed by atoms with Gasteiger partial charge in [-0.25, -0.2) is 4.98 Å². The SMILES string of the molecule is CN(C)C(=O)c1ccc(-c2ccc3c(c2)COC2(CCN(C(=O)c4cnccn4)CC2)O3)cc1. The van der Waals surface area contributed by atoms with Gasteiger partial charge in [0.05, 0.1) is 12.8 Å². The minimum Gasteiger partial charge on any atom is -0.462 e. The van der Waals surface area contributed by atoms with Crippen LogP contribution in [0, 0.1) is 0 Å². The Bertz CT molecular complexity index is 1200. The van der Waals surface area contributed by atoms with Crippen molar-refractivity contribution in [3.8, 4) is 16.9 Å². The van der Waals surface area contributed by atoms with Crippen molar-refractivity contribution in [3.63, 3.8) is 0 Å². The number of piperidine rings is 1. The number of carbonyl (C=O) groups is 2. The van der Waals surface area contributed by atoms with Gasteiger partial charge in [-0.3, -0.25) is 14.6 Å². The summed E-state index contributed by atoms with van der Waals surface area (Å²) in [7, 11) is 3.48. The highest BCUT2D eigenvalue weighted by Gasteiger charge is 2.42. The Labute approximate surface area is 198 Å². The van der Waals surface area contributed by atoms with E-state index in [0.717, 1.165) is 22.4 Å². The van der Waals surface area contributed by atoms with Crippen LogP contribution in [0.2, 0.25) is 0 Å². The summed E-state index contributed by atoms with van der Waals surface area (Å²) in [6.45, 7) is 1.50. The molecule has 0 radical (unpaired) electrons. The molecule has 174 valence electrons. The van der Waals surface area contributed by atoms with Gasteiger partial charge in [-0.05, 0) is 35.4 Å². The fraction of sp³-hybridized carbons (Fsp3) is 0.308. The van der Waals surface area contributed by atoms with Gasteiger partial charge in [0.1, 0.15) is 11.4 Å². The molecule has 34 heavy (non-hydrogen) atoms. The van der Waals surface area contributed by atoms with Crippen LogP contribution in [-0.4, -0.2) is 64.6 Å². The maximum atomic E-state index is 12.7. The van der Waals surface area contributed by atoms with E-state index in [1.54, 1.807) is 30.1 Å². The van der Waals surface area contributed by atoms with Crippen molar-refractivity contribution in [1.82, 2.24) is 19.8 Å². The van der Waals surface area contributed by atoms with Crippen molar-refractivity contribution in [1.29, 1.82) is 0 Å². The van der Waals surface area contributed by atoms with E-state index < -0.39 is 5.79 Å². The second-order valence-corrected chi connectivity index (χ2v) is 8.78. The highest BCUT2D eigenvalue weighted by molar-refractivity contribution is 5.94. The Morgan fingerprint density at radius 2 is 1.74 bits per heavy atom. The van der Waals surface area contributed by atoms with Gasteiger partial charge < -0.3 is 19.3 Å². The van der Waals surface area contributed by atoms with Crippen molar-refractivity contribution in [2.24, 2.45) is 0 Å². The van der Waals surface area contributed by atoms with Gasteiger partial charge >= 0.3 is 0 Å². The maximum Gasteiger partial charge on any atom is 0.274 e. The molecule has 3 heterocycles. The van der Waals surface area contributed by atoms with E-state index in [9.17, 15) is 9.59 Å². The number of nitrogens with zero attached hydrogens (tertiary/aromatic N) is 4.